The Balaban J connectivity index is 1.88. The summed E-state index contributed by atoms with van der Waals surface area (Å²) in [5.41, 5.74) is 4.58. The number of nitrogens with zero attached hydrogens (tertiary/aromatic N) is 1. The molecule has 0 radical (unpaired) electrons. The molecule has 3 rings (SSSR count). The zero-order valence-corrected chi connectivity index (χ0v) is 14.6. The Hall–Kier alpha value is -2.16. The van der Waals surface area contributed by atoms with Gasteiger partial charge in [0, 0.05) is 24.1 Å². The number of fused-ring (bicyclic) bond motifs is 1. The highest BCUT2D eigenvalue weighted by Gasteiger charge is 2.40. The minimum absolute atomic E-state index is 0.0689. The smallest absolute Gasteiger partial charge is 0.226 e. The maximum atomic E-state index is 13.1. The van der Waals surface area contributed by atoms with Gasteiger partial charge in [0.2, 0.25) is 5.91 Å². The average molecular weight is 325 g/mol. The second-order valence-electron chi connectivity index (χ2n) is 7.04. The summed E-state index contributed by atoms with van der Waals surface area (Å²) in [5.74, 6) is -0.0304. The van der Waals surface area contributed by atoms with Gasteiger partial charge in [-0.05, 0) is 49.1 Å². The fraction of sp³-hybridized carbons (Fsp3) is 0.381. The lowest BCUT2D eigenvalue weighted by molar-refractivity contribution is -0.118. The summed E-state index contributed by atoms with van der Waals surface area (Å²) in [4.78, 5) is 14.3. The van der Waals surface area contributed by atoms with Crippen molar-refractivity contribution in [3.63, 3.8) is 0 Å². The van der Waals surface area contributed by atoms with E-state index in [4.69, 9.17) is 0 Å². The lowest BCUT2D eigenvalue weighted by Crippen LogP contribution is -2.35. The lowest BCUT2D eigenvalue weighted by Gasteiger charge is -2.26. The zero-order valence-electron chi connectivity index (χ0n) is 14.6. The molecule has 0 bridgehead atoms. The van der Waals surface area contributed by atoms with Crippen molar-refractivity contribution in [2.45, 2.75) is 45.4 Å². The monoisotopic (exact) mass is 325 g/mol. The molecule has 0 N–H and O–H groups in total. The Kier molecular flexibility index (Phi) is 4.44. The highest BCUT2D eigenvalue weighted by atomic mass is 19.1. The Bertz CT molecular complexity index is 753. The van der Waals surface area contributed by atoms with Crippen LogP contribution in [0.3, 0.4) is 0 Å². The van der Waals surface area contributed by atoms with Crippen molar-refractivity contribution in [1.82, 2.24) is 0 Å². The van der Waals surface area contributed by atoms with Gasteiger partial charge in [-0.15, -0.1) is 0 Å². The molecule has 0 aliphatic carbocycles. The van der Waals surface area contributed by atoms with Crippen LogP contribution in [0.5, 0.6) is 0 Å². The van der Waals surface area contributed by atoms with E-state index in [1.807, 2.05) is 24.0 Å². The molecule has 2 aromatic carbocycles. The third kappa shape index (κ3) is 3.08. The van der Waals surface area contributed by atoms with E-state index >= 15 is 0 Å². The summed E-state index contributed by atoms with van der Waals surface area (Å²) in [6.07, 6.45) is 2.32. The molecule has 24 heavy (non-hydrogen) atoms. The molecule has 0 fully saturated rings. The van der Waals surface area contributed by atoms with Gasteiger partial charge in [0.25, 0.3) is 0 Å². The molecular weight excluding hydrogens is 301 g/mol. The number of anilines is 1. The van der Waals surface area contributed by atoms with Crippen molar-refractivity contribution in [3.05, 3.63) is 65.0 Å². The Morgan fingerprint density at radius 2 is 1.92 bits per heavy atom. The fourth-order valence-electron chi connectivity index (χ4n) is 3.59. The first-order valence-corrected chi connectivity index (χ1v) is 8.59. The van der Waals surface area contributed by atoms with E-state index in [0.717, 1.165) is 30.6 Å². The Morgan fingerprint density at radius 1 is 1.21 bits per heavy atom. The third-order valence-corrected chi connectivity index (χ3v) is 5.08. The topological polar surface area (TPSA) is 20.3 Å². The highest BCUT2D eigenvalue weighted by molar-refractivity contribution is 5.96. The maximum Gasteiger partial charge on any atom is 0.226 e. The molecule has 0 saturated heterocycles. The molecule has 2 nitrogen and oxygen atoms in total. The van der Waals surface area contributed by atoms with Crippen LogP contribution in [0.15, 0.2) is 42.5 Å². The molecule has 1 atom stereocenters. The van der Waals surface area contributed by atoms with Crippen LogP contribution in [0.25, 0.3) is 0 Å². The quantitative estimate of drug-likeness (QED) is 0.792. The summed E-state index contributed by atoms with van der Waals surface area (Å²) < 4.78 is 13.1. The molecule has 2 aromatic rings. The number of benzene rings is 2. The molecule has 1 aliphatic heterocycles. The van der Waals surface area contributed by atoms with Crippen molar-refractivity contribution in [2.24, 2.45) is 0 Å². The minimum Gasteiger partial charge on any atom is -0.311 e. The van der Waals surface area contributed by atoms with Crippen molar-refractivity contribution in [3.8, 4) is 0 Å². The summed E-state index contributed by atoms with van der Waals surface area (Å²) in [6, 6.07) is 13.1. The first kappa shape index (κ1) is 16.7. The first-order valence-electron chi connectivity index (χ1n) is 8.59. The van der Waals surface area contributed by atoms with Gasteiger partial charge in [0.1, 0.15) is 5.82 Å². The SMILES string of the molecule is CCC(=O)N1CC(C)(CCc2ccc(F)cc2)c2cc(C)ccc21. The predicted octanol–water partition coefficient (Wildman–Crippen LogP) is 4.78. The third-order valence-electron chi connectivity index (χ3n) is 5.08. The van der Waals surface area contributed by atoms with Crippen molar-refractivity contribution < 1.29 is 9.18 Å². The molecule has 1 unspecified atom stereocenters. The minimum atomic E-state index is -0.202. The molecule has 1 amide bonds. The number of halogens is 1. The first-order chi connectivity index (χ1) is 11.4. The van der Waals surface area contributed by atoms with Crippen LogP contribution in [-0.4, -0.2) is 12.5 Å². The van der Waals surface area contributed by atoms with Crippen molar-refractivity contribution >= 4 is 11.6 Å². The maximum absolute atomic E-state index is 13.1. The van der Waals surface area contributed by atoms with Gasteiger partial charge in [-0.2, -0.15) is 0 Å². The second kappa shape index (κ2) is 6.39. The number of hydrogen-bond donors (Lipinski definition) is 0. The summed E-state index contributed by atoms with van der Waals surface area (Å²) >= 11 is 0. The van der Waals surface area contributed by atoms with Gasteiger partial charge in [0.15, 0.2) is 0 Å². The van der Waals surface area contributed by atoms with Gasteiger partial charge in [-0.3, -0.25) is 4.79 Å². The molecular formula is C21H24FNO. The van der Waals surface area contributed by atoms with E-state index in [0.29, 0.717) is 6.42 Å². The summed E-state index contributed by atoms with van der Waals surface area (Å²) in [7, 11) is 0. The highest BCUT2D eigenvalue weighted by Crippen LogP contribution is 2.44. The average Bonchev–Trinajstić information content (AvgIpc) is 2.87. The van der Waals surface area contributed by atoms with E-state index in [2.05, 4.69) is 32.0 Å². The normalized spacial score (nSPS) is 19.4. The zero-order chi connectivity index (χ0) is 17.3. The van der Waals surface area contributed by atoms with E-state index in [1.54, 1.807) is 0 Å². The number of carbonyl (C=O) groups is 1. The van der Waals surface area contributed by atoms with E-state index in [9.17, 15) is 9.18 Å². The molecule has 1 heterocycles. The van der Waals surface area contributed by atoms with Crippen LogP contribution in [-0.2, 0) is 16.6 Å². The lowest BCUT2D eigenvalue weighted by atomic mass is 9.79. The van der Waals surface area contributed by atoms with Crippen LogP contribution in [0.1, 0.15) is 43.4 Å². The van der Waals surface area contributed by atoms with E-state index < -0.39 is 0 Å². The Morgan fingerprint density at radius 3 is 2.58 bits per heavy atom. The number of hydrogen-bond acceptors (Lipinski definition) is 1. The van der Waals surface area contributed by atoms with Gasteiger partial charge in [0.05, 0.1) is 0 Å². The van der Waals surface area contributed by atoms with Gasteiger partial charge in [-0.1, -0.05) is 43.7 Å². The van der Waals surface area contributed by atoms with Gasteiger partial charge < -0.3 is 4.90 Å². The largest absolute Gasteiger partial charge is 0.311 e. The van der Waals surface area contributed by atoms with Gasteiger partial charge in [-0.25, -0.2) is 4.39 Å². The molecule has 126 valence electrons. The fourth-order valence-corrected chi connectivity index (χ4v) is 3.59. The number of rotatable bonds is 4. The van der Waals surface area contributed by atoms with Crippen LogP contribution in [0, 0.1) is 12.7 Å². The molecule has 0 aromatic heterocycles. The summed E-state index contributed by atoms with van der Waals surface area (Å²) in [6.45, 7) is 6.95. The van der Waals surface area contributed by atoms with E-state index in [1.165, 1.54) is 23.3 Å². The number of aryl methyl sites for hydroxylation is 2. The molecule has 0 spiro atoms. The summed E-state index contributed by atoms with van der Waals surface area (Å²) in [5, 5.41) is 0. The predicted molar refractivity (Wildman–Crippen MR) is 95.9 cm³/mol. The standard InChI is InChI=1S/C21H24FNO/c1-4-20(24)23-14-21(3,18-13-15(2)5-10-19(18)23)12-11-16-6-8-17(22)9-7-16/h5-10,13H,4,11-12,14H2,1-3H3. The van der Waals surface area contributed by atoms with Crippen molar-refractivity contribution in [2.75, 3.05) is 11.4 Å². The van der Waals surface area contributed by atoms with Crippen LogP contribution < -0.4 is 4.90 Å². The van der Waals surface area contributed by atoms with Crippen molar-refractivity contribution in [1.29, 1.82) is 0 Å². The van der Waals surface area contributed by atoms with Crippen LogP contribution in [0.2, 0.25) is 0 Å². The number of amides is 1. The van der Waals surface area contributed by atoms with E-state index in [-0.39, 0.29) is 17.1 Å². The van der Waals surface area contributed by atoms with Crippen LogP contribution >= 0.6 is 0 Å². The van der Waals surface area contributed by atoms with Crippen LogP contribution in [0.4, 0.5) is 10.1 Å². The van der Waals surface area contributed by atoms with Gasteiger partial charge >= 0.3 is 0 Å². The molecule has 1 aliphatic rings. The number of carbonyl (C=O) groups excluding carboxylic acids is 1. The molecule has 0 saturated carbocycles. The molecule has 3 heteroatoms. The Labute approximate surface area is 143 Å². The second-order valence-corrected chi connectivity index (χ2v) is 7.04.